The lowest BCUT2D eigenvalue weighted by atomic mass is 10.2. The Kier molecular flexibility index (Phi) is 4.26. The van der Waals surface area contributed by atoms with Gasteiger partial charge < -0.3 is 0 Å². The molecule has 0 spiro atoms. The first-order valence-electron chi connectivity index (χ1n) is 5.66. The maximum Gasteiger partial charge on any atom is 0.343 e. The third kappa shape index (κ3) is 2.98. The third-order valence-electron chi connectivity index (χ3n) is 2.57. The summed E-state index contributed by atoms with van der Waals surface area (Å²) in [6.07, 6.45) is 0. The van der Waals surface area contributed by atoms with Gasteiger partial charge in [0.1, 0.15) is 0 Å². The van der Waals surface area contributed by atoms with Gasteiger partial charge in [0.15, 0.2) is 10.9 Å². The van der Waals surface area contributed by atoms with Gasteiger partial charge in [0, 0.05) is 21.5 Å². The van der Waals surface area contributed by atoms with Gasteiger partial charge in [0.05, 0.1) is 0 Å². The quantitative estimate of drug-likeness (QED) is 0.868. The van der Waals surface area contributed by atoms with Gasteiger partial charge in [-0.15, -0.1) is 5.10 Å². The second-order valence-corrected chi connectivity index (χ2v) is 5.75. The van der Waals surface area contributed by atoms with Gasteiger partial charge >= 0.3 is 5.69 Å². The molecule has 7 heteroatoms. The Bertz CT molecular complexity index is 678. The van der Waals surface area contributed by atoms with Crippen molar-refractivity contribution in [3.8, 4) is 0 Å². The Hall–Kier alpha value is -1.34. The zero-order valence-electron chi connectivity index (χ0n) is 10.4. The molecule has 2 rings (SSSR count). The Morgan fingerprint density at radius 2 is 2.26 bits per heavy atom. The summed E-state index contributed by atoms with van der Waals surface area (Å²) in [6, 6.07) is 5.45. The van der Waals surface area contributed by atoms with Crippen molar-refractivity contribution in [2.45, 2.75) is 30.4 Å². The van der Waals surface area contributed by atoms with Crippen molar-refractivity contribution in [1.29, 1.82) is 0 Å². The van der Waals surface area contributed by atoms with Gasteiger partial charge in [-0.3, -0.25) is 9.36 Å². The van der Waals surface area contributed by atoms with E-state index in [0.29, 0.717) is 17.3 Å². The molecule has 19 heavy (non-hydrogen) atoms. The van der Waals surface area contributed by atoms with Crippen molar-refractivity contribution in [1.82, 2.24) is 14.8 Å². The van der Waals surface area contributed by atoms with Crippen LogP contribution in [0.25, 0.3) is 0 Å². The number of hydrogen-bond acceptors (Lipinski definition) is 4. The molecule has 0 fully saturated rings. The second kappa shape index (κ2) is 5.75. The van der Waals surface area contributed by atoms with E-state index in [1.54, 1.807) is 10.6 Å². The average molecular weight is 342 g/mol. The summed E-state index contributed by atoms with van der Waals surface area (Å²) in [5, 5.41) is 7.01. The molecule has 1 N–H and O–H groups in total. The minimum atomic E-state index is -0.218. The number of aromatic nitrogens is 3. The van der Waals surface area contributed by atoms with E-state index in [-0.39, 0.29) is 11.5 Å². The fraction of sp³-hybridized carbons (Fsp3) is 0.250. The van der Waals surface area contributed by atoms with E-state index in [1.165, 1.54) is 18.7 Å². The highest BCUT2D eigenvalue weighted by Crippen LogP contribution is 2.29. The first kappa shape index (κ1) is 14.1. The summed E-state index contributed by atoms with van der Waals surface area (Å²) in [5.41, 5.74) is 0.420. The average Bonchev–Trinajstić information content (AvgIpc) is 2.69. The molecule has 1 aromatic heterocycles. The zero-order chi connectivity index (χ0) is 14.0. The summed E-state index contributed by atoms with van der Waals surface area (Å²) >= 11 is 4.74. The summed E-state index contributed by atoms with van der Waals surface area (Å²) in [6.45, 7) is 3.97. The van der Waals surface area contributed by atoms with Gasteiger partial charge in [0.25, 0.3) is 0 Å². The number of ketones is 1. The number of benzene rings is 1. The molecular formula is C12H12BrN3O2S. The fourth-order valence-corrected chi connectivity index (χ4v) is 3.36. The molecule has 0 aliphatic rings. The number of carbonyl (C=O) groups excluding carboxylic acids is 1. The highest BCUT2D eigenvalue weighted by molar-refractivity contribution is 9.10. The van der Waals surface area contributed by atoms with Crippen LogP contribution in [0.5, 0.6) is 0 Å². The summed E-state index contributed by atoms with van der Waals surface area (Å²) in [7, 11) is 0. The molecule has 0 atom stereocenters. The van der Waals surface area contributed by atoms with E-state index in [9.17, 15) is 9.59 Å². The van der Waals surface area contributed by atoms with Gasteiger partial charge in [-0.25, -0.2) is 9.89 Å². The molecule has 1 heterocycles. The molecule has 1 aromatic carbocycles. The van der Waals surface area contributed by atoms with Crippen molar-refractivity contribution >= 4 is 33.5 Å². The number of hydrogen-bond donors (Lipinski definition) is 1. The molecule has 5 nitrogen and oxygen atoms in total. The Balaban J connectivity index is 2.31. The minimum Gasteiger partial charge on any atom is -0.294 e. The van der Waals surface area contributed by atoms with Crippen LogP contribution in [0, 0.1) is 0 Å². The van der Waals surface area contributed by atoms with E-state index >= 15 is 0 Å². The number of Topliss-reactive ketones (excluding diaryl/α,β-unsaturated/α-hetero) is 1. The predicted molar refractivity (Wildman–Crippen MR) is 76.8 cm³/mol. The Morgan fingerprint density at radius 3 is 2.84 bits per heavy atom. The molecule has 0 saturated carbocycles. The summed E-state index contributed by atoms with van der Waals surface area (Å²) < 4.78 is 2.29. The molecule has 0 saturated heterocycles. The van der Waals surface area contributed by atoms with Crippen LogP contribution in [0.3, 0.4) is 0 Å². The van der Waals surface area contributed by atoms with Gasteiger partial charge in [-0.05, 0) is 43.8 Å². The van der Waals surface area contributed by atoms with Crippen LogP contribution < -0.4 is 5.69 Å². The summed E-state index contributed by atoms with van der Waals surface area (Å²) in [5.74, 6) is 0.00802. The molecule has 0 unspecified atom stereocenters. The lowest BCUT2D eigenvalue weighted by Gasteiger charge is -2.05. The van der Waals surface area contributed by atoms with Crippen LogP contribution >= 0.6 is 27.7 Å². The lowest BCUT2D eigenvalue weighted by molar-refractivity contribution is 0.101. The predicted octanol–water partition coefficient (Wildman–Crippen LogP) is 2.71. The molecule has 0 aliphatic carbocycles. The topological polar surface area (TPSA) is 67.8 Å². The number of aromatic amines is 1. The number of nitrogens with zero attached hydrogens (tertiary/aromatic N) is 2. The number of rotatable bonds is 4. The highest BCUT2D eigenvalue weighted by Gasteiger charge is 2.11. The van der Waals surface area contributed by atoms with E-state index in [1.807, 2.05) is 19.1 Å². The standard InChI is InChI=1S/C12H12BrN3O2S/c1-3-16-11(18)14-15-12(16)19-8-4-5-9(7(2)17)10(13)6-8/h4-6H,3H2,1-2H3,(H,14,18). The number of carbonyl (C=O) groups is 1. The monoisotopic (exact) mass is 341 g/mol. The van der Waals surface area contributed by atoms with Gasteiger partial charge in [-0.1, -0.05) is 15.9 Å². The molecule has 2 aromatic rings. The maximum atomic E-state index is 11.4. The minimum absolute atomic E-state index is 0.00802. The molecule has 0 aliphatic heterocycles. The van der Waals surface area contributed by atoms with Crippen molar-refractivity contribution in [3.05, 3.63) is 38.7 Å². The molecule has 0 bridgehead atoms. The lowest BCUT2D eigenvalue weighted by Crippen LogP contribution is -2.15. The van der Waals surface area contributed by atoms with Gasteiger partial charge in [-0.2, -0.15) is 0 Å². The molecule has 0 radical (unpaired) electrons. The van der Waals surface area contributed by atoms with Crippen molar-refractivity contribution in [2.24, 2.45) is 0 Å². The van der Waals surface area contributed by atoms with Crippen LogP contribution in [-0.2, 0) is 6.54 Å². The van der Waals surface area contributed by atoms with Crippen LogP contribution in [0.4, 0.5) is 0 Å². The number of halogens is 1. The van der Waals surface area contributed by atoms with E-state index in [0.717, 1.165) is 9.37 Å². The van der Waals surface area contributed by atoms with Crippen molar-refractivity contribution < 1.29 is 4.79 Å². The van der Waals surface area contributed by atoms with Crippen LogP contribution in [0.2, 0.25) is 0 Å². The second-order valence-electron chi connectivity index (χ2n) is 3.86. The zero-order valence-corrected chi connectivity index (χ0v) is 12.8. The van der Waals surface area contributed by atoms with Crippen molar-refractivity contribution in [3.63, 3.8) is 0 Å². The van der Waals surface area contributed by atoms with E-state index in [2.05, 4.69) is 26.1 Å². The normalized spacial score (nSPS) is 10.7. The van der Waals surface area contributed by atoms with E-state index in [4.69, 9.17) is 0 Å². The van der Waals surface area contributed by atoms with Crippen LogP contribution in [0.1, 0.15) is 24.2 Å². The smallest absolute Gasteiger partial charge is 0.294 e. The largest absolute Gasteiger partial charge is 0.343 e. The van der Waals surface area contributed by atoms with Crippen LogP contribution in [-0.4, -0.2) is 20.5 Å². The molecular weight excluding hydrogens is 330 g/mol. The highest BCUT2D eigenvalue weighted by atomic mass is 79.9. The third-order valence-corrected chi connectivity index (χ3v) is 4.21. The molecule has 100 valence electrons. The first-order valence-corrected chi connectivity index (χ1v) is 7.27. The summed E-state index contributed by atoms with van der Waals surface area (Å²) in [4.78, 5) is 23.7. The Labute approximate surface area is 122 Å². The van der Waals surface area contributed by atoms with E-state index < -0.39 is 0 Å². The number of nitrogens with one attached hydrogen (secondary N) is 1. The SMILES string of the molecule is CCn1c(Sc2ccc(C(C)=O)c(Br)c2)n[nH]c1=O. The first-order chi connectivity index (χ1) is 9.02. The Morgan fingerprint density at radius 1 is 1.53 bits per heavy atom. The molecule has 0 amide bonds. The number of H-pyrrole nitrogens is 1. The maximum absolute atomic E-state index is 11.4. The van der Waals surface area contributed by atoms with Crippen LogP contribution in [0.15, 0.2) is 37.5 Å². The van der Waals surface area contributed by atoms with Crippen molar-refractivity contribution in [2.75, 3.05) is 0 Å². The fourth-order valence-electron chi connectivity index (χ4n) is 1.61. The van der Waals surface area contributed by atoms with Gasteiger partial charge in [0.2, 0.25) is 0 Å².